The zero-order chi connectivity index (χ0) is 9.56. The van der Waals surface area contributed by atoms with Gasteiger partial charge in [-0.1, -0.05) is 39.2 Å². The van der Waals surface area contributed by atoms with Crippen LogP contribution in [-0.4, -0.2) is 6.21 Å². The molecule has 0 aromatic heterocycles. The minimum absolute atomic E-state index is 0.430. The van der Waals surface area contributed by atoms with E-state index in [-0.39, 0.29) is 0 Å². The molecule has 12 heavy (non-hydrogen) atoms. The Morgan fingerprint density at radius 3 is 2.25 bits per heavy atom. The summed E-state index contributed by atoms with van der Waals surface area (Å²) >= 11 is 0. The van der Waals surface area contributed by atoms with Gasteiger partial charge in [-0.2, -0.15) is 0 Å². The van der Waals surface area contributed by atoms with E-state index < -0.39 is 0 Å². The van der Waals surface area contributed by atoms with E-state index >= 15 is 0 Å². The molecule has 0 aliphatic rings. The fourth-order valence-corrected chi connectivity index (χ4v) is 0.944. The van der Waals surface area contributed by atoms with Crippen LogP contribution in [0, 0.1) is 5.92 Å². The largest absolute Gasteiger partial charge is 0.261 e. The van der Waals surface area contributed by atoms with Crippen molar-refractivity contribution >= 4 is 6.21 Å². The second-order valence-electron chi connectivity index (χ2n) is 2.94. The monoisotopic (exact) mass is 163 g/mol. The smallest absolute Gasteiger partial charge is 0.0457 e. The second kappa shape index (κ2) is 5.53. The summed E-state index contributed by atoms with van der Waals surface area (Å²) in [5.41, 5.74) is 2.20. The molecule has 0 unspecified atom stereocenters. The Balaban J connectivity index is 4.77. The normalized spacial score (nSPS) is 13.3. The van der Waals surface area contributed by atoms with Crippen molar-refractivity contribution in [3.05, 3.63) is 36.6 Å². The molecule has 0 aliphatic heterocycles. The number of aliphatic imine (C=N–C) groups is 1. The molecule has 0 spiro atoms. The van der Waals surface area contributed by atoms with Gasteiger partial charge in [0, 0.05) is 11.9 Å². The Labute approximate surface area is 75.2 Å². The molecule has 0 bridgehead atoms. The zero-order valence-corrected chi connectivity index (χ0v) is 8.17. The Hall–Kier alpha value is -1.11. The topological polar surface area (TPSA) is 12.4 Å². The van der Waals surface area contributed by atoms with Gasteiger partial charge in [-0.15, -0.1) is 0 Å². The van der Waals surface area contributed by atoms with Crippen molar-refractivity contribution in [3.8, 4) is 0 Å². The first-order valence-corrected chi connectivity index (χ1v) is 4.11. The molecule has 0 saturated carbocycles. The lowest BCUT2D eigenvalue weighted by Crippen LogP contribution is -1.93. The predicted octanol–water partition coefficient (Wildman–Crippen LogP) is 3.36. The molecule has 0 amide bonds. The molecule has 0 radical (unpaired) electrons. The van der Waals surface area contributed by atoms with Gasteiger partial charge in [0.05, 0.1) is 0 Å². The van der Waals surface area contributed by atoms with Gasteiger partial charge in [-0.05, 0) is 18.4 Å². The molecule has 0 fully saturated rings. The zero-order valence-electron chi connectivity index (χ0n) is 8.17. The van der Waals surface area contributed by atoms with Gasteiger partial charge in [-0.25, -0.2) is 0 Å². The maximum absolute atomic E-state index is 4.28. The lowest BCUT2D eigenvalue weighted by molar-refractivity contribution is 0.750. The Morgan fingerprint density at radius 2 is 1.92 bits per heavy atom. The van der Waals surface area contributed by atoms with Crippen LogP contribution in [0.25, 0.3) is 0 Å². The van der Waals surface area contributed by atoms with Gasteiger partial charge in [0.25, 0.3) is 0 Å². The summed E-state index contributed by atoms with van der Waals surface area (Å²) in [5.74, 6) is 0.430. The summed E-state index contributed by atoms with van der Waals surface area (Å²) in [6.07, 6.45) is 5.22. The second-order valence-corrected chi connectivity index (χ2v) is 2.94. The van der Waals surface area contributed by atoms with E-state index in [1.54, 1.807) is 12.3 Å². The van der Waals surface area contributed by atoms with Gasteiger partial charge in [0.15, 0.2) is 0 Å². The average molecular weight is 163 g/mol. The molecule has 0 aromatic carbocycles. The van der Waals surface area contributed by atoms with Crippen molar-refractivity contribution in [2.45, 2.75) is 20.8 Å². The fourth-order valence-electron chi connectivity index (χ4n) is 0.944. The van der Waals surface area contributed by atoms with E-state index in [0.717, 1.165) is 11.3 Å². The summed E-state index contributed by atoms with van der Waals surface area (Å²) in [7, 11) is 0. The van der Waals surface area contributed by atoms with E-state index in [2.05, 4.69) is 32.0 Å². The summed E-state index contributed by atoms with van der Waals surface area (Å²) in [6, 6.07) is 0. The van der Waals surface area contributed by atoms with Crippen LogP contribution in [-0.2, 0) is 0 Å². The van der Waals surface area contributed by atoms with Crippen molar-refractivity contribution in [3.63, 3.8) is 0 Å². The Morgan fingerprint density at radius 1 is 1.33 bits per heavy atom. The molecule has 0 aliphatic carbocycles. The number of allylic oxidation sites excluding steroid dienone is 4. The van der Waals surface area contributed by atoms with E-state index in [9.17, 15) is 0 Å². The molecule has 1 heteroatoms. The van der Waals surface area contributed by atoms with Crippen LogP contribution in [0.5, 0.6) is 0 Å². The van der Waals surface area contributed by atoms with Crippen LogP contribution >= 0.6 is 0 Å². The average Bonchev–Trinajstić information content (AvgIpc) is 2.04. The van der Waals surface area contributed by atoms with Crippen molar-refractivity contribution in [2.75, 3.05) is 0 Å². The summed E-state index contributed by atoms with van der Waals surface area (Å²) < 4.78 is 0. The third kappa shape index (κ3) is 3.33. The first-order valence-electron chi connectivity index (χ1n) is 4.11. The Kier molecular flexibility index (Phi) is 5.02. The van der Waals surface area contributed by atoms with Crippen LogP contribution in [0.1, 0.15) is 20.8 Å². The number of hydrogen-bond donors (Lipinski definition) is 0. The maximum atomic E-state index is 4.28. The first kappa shape index (κ1) is 10.9. The lowest BCUT2D eigenvalue weighted by Gasteiger charge is -2.07. The van der Waals surface area contributed by atoms with Crippen LogP contribution in [0.15, 0.2) is 41.6 Å². The minimum Gasteiger partial charge on any atom is -0.261 e. The van der Waals surface area contributed by atoms with Gasteiger partial charge in [0.1, 0.15) is 0 Å². The third-order valence-electron chi connectivity index (χ3n) is 1.58. The first-order chi connectivity index (χ1) is 5.63. The van der Waals surface area contributed by atoms with Gasteiger partial charge >= 0.3 is 0 Å². The van der Waals surface area contributed by atoms with Crippen molar-refractivity contribution in [2.24, 2.45) is 10.9 Å². The summed E-state index contributed by atoms with van der Waals surface area (Å²) in [6.45, 7) is 13.5. The summed E-state index contributed by atoms with van der Waals surface area (Å²) in [4.78, 5) is 4.28. The van der Waals surface area contributed by atoms with Crippen LogP contribution in [0.4, 0.5) is 0 Å². The fraction of sp³-hybridized carbons (Fsp3) is 0.364. The van der Waals surface area contributed by atoms with E-state index in [0.29, 0.717) is 5.92 Å². The third-order valence-corrected chi connectivity index (χ3v) is 1.58. The molecule has 0 atom stereocenters. The molecule has 0 heterocycles. The van der Waals surface area contributed by atoms with E-state index in [4.69, 9.17) is 0 Å². The van der Waals surface area contributed by atoms with Gasteiger partial charge < -0.3 is 0 Å². The molecule has 1 nitrogen and oxygen atoms in total. The van der Waals surface area contributed by atoms with Crippen molar-refractivity contribution < 1.29 is 0 Å². The van der Waals surface area contributed by atoms with E-state index in [1.165, 1.54) is 0 Å². The molecule has 0 saturated heterocycles. The highest BCUT2D eigenvalue weighted by Gasteiger charge is 2.02. The van der Waals surface area contributed by atoms with Crippen molar-refractivity contribution in [1.82, 2.24) is 0 Å². The summed E-state index contributed by atoms with van der Waals surface area (Å²) in [5, 5.41) is 0. The highest BCUT2D eigenvalue weighted by atomic mass is 14.7. The lowest BCUT2D eigenvalue weighted by atomic mass is 10.1. The number of hydrogen-bond acceptors (Lipinski definition) is 1. The van der Waals surface area contributed by atoms with Gasteiger partial charge in [0.2, 0.25) is 0 Å². The SMILES string of the molecule is C=CC=N/C(=C(/C)C=C)C(C)C. The molecule has 0 aromatic rings. The highest BCUT2D eigenvalue weighted by Crippen LogP contribution is 2.16. The van der Waals surface area contributed by atoms with Crippen LogP contribution < -0.4 is 0 Å². The molecule has 66 valence electrons. The molecule has 0 rings (SSSR count). The highest BCUT2D eigenvalue weighted by molar-refractivity contribution is 5.71. The van der Waals surface area contributed by atoms with E-state index in [1.807, 2.05) is 13.0 Å². The molecule has 0 N–H and O–H groups in total. The number of nitrogens with zero attached hydrogens (tertiary/aromatic N) is 1. The van der Waals surface area contributed by atoms with Crippen molar-refractivity contribution in [1.29, 1.82) is 0 Å². The minimum atomic E-state index is 0.430. The maximum Gasteiger partial charge on any atom is 0.0457 e. The molecular formula is C11H17N. The Bertz CT molecular complexity index is 219. The quantitative estimate of drug-likeness (QED) is 0.445. The van der Waals surface area contributed by atoms with Gasteiger partial charge in [-0.3, -0.25) is 4.99 Å². The number of rotatable bonds is 4. The van der Waals surface area contributed by atoms with Crippen LogP contribution in [0.3, 0.4) is 0 Å². The molecular weight excluding hydrogens is 146 g/mol. The van der Waals surface area contributed by atoms with Crippen LogP contribution in [0.2, 0.25) is 0 Å². The predicted molar refractivity (Wildman–Crippen MR) is 56.4 cm³/mol. The standard InChI is InChI=1S/C11H17N/c1-6-8-12-11(9(3)4)10(5)7-2/h6-9H,1-2H2,3-5H3/b11-10-,12-8?.